The molecule has 3 N–H and O–H groups in total. The molecule has 186 valence electrons. The number of ether oxygens (including phenoxy) is 1. The van der Waals surface area contributed by atoms with E-state index in [-0.39, 0.29) is 18.1 Å². The van der Waals surface area contributed by atoms with Gasteiger partial charge in [0.1, 0.15) is 29.1 Å². The smallest absolute Gasteiger partial charge is 0.181 e. The summed E-state index contributed by atoms with van der Waals surface area (Å²) in [5.41, 5.74) is 8.33. The van der Waals surface area contributed by atoms with Crippen molar-refractivity contribution >= 4 is 33.8 Å². The number of ketones is 1. The standard InChI is InChI=1S/C24H25N7O4S/c25-23-22-24(28-13-27-23)31(14-29-22)21-9-8-16(35-21)11-30-36(33)10-4-3-7-19(32)17-5-1-2-6-18(17)20-12-26-15-34-20/h1-2,4-6,10,12-16,21,30H,3,7-9,11H2,(H2,25,27,28)/b10-4+. The van der Waals surface area contributed by atoms with Gasteiger partial charge in [-0.1, -0.05) is 30.3 Å². The summed E-state index contributed by atoms with van der Waals surface area (Å²) in [5.74, 6) is 0.863. The number of nitrogens with zero attached hydrogens (tertiary/aromatic N) is 5. The van der Waals surface area contributed by atoms with Crippen LogP contribution in [-0.2, 0) is 15.7 Å². The number of carbonyl (C=O) groups is 1. The molecule has 4 aromatic rings. The molecular weight excluding hydrogens is 482 g/mol. The van der Waals surface area contributed by atoms with Crippen LogP contribution in [0.25, 0.3) is 22.5 Å². The van der Waals surface area contributed by atoms with Crippen LogP contribution in [0.3, 0.4) is 0 Å². The maximum absolute atomic E-state index is 12.7. The molecule has 0 radical (unpaired) electrons. The molecule has 0 amide bonds. The summed E-state index contributed by atoms with van der Waals surface area (Å²) in [6.07, 6.45) is 9.76. The first-order valence-electron chi connectivity index (χ1n) is 11.5. The molecule has 1 aliphatic heterocycles. The van der Waals surface area contributed by atoms with Crippen LogP contribution in [0.4, 0.5) is 5.82 Å². The average Bonchev–Trinajstić information content (AvgIpc) is 3.66. The van der Waals surface area contributed by atoms with Gasteiger partial charge in [0.2, 0.25) is 0 Å². The first-order valence-corrected chi connectivity index (χ1v) is 12.7. The van der Waals surface area contributed by atoms with Gasteiger partial charge in [0.25, 0.3) is 0 Å². The van der Waals surface area contributed by atoms with Crippen LogP contribution in [0.15, 0.2) is 65.4 Å². The van der Waals surface area contributed by atoms with E-state index in [1.165, 1.54) is 12.7 Å². The molecular formula is C24H25N7O4S. The number of rotatable bonds is 10. The number of hydrogen-bond donors (Lipinski definition) is 2. The Hall–Kier alpha value is -3.74. The lowest BCUT2D eigenvalue weighted by molar-refractivity contribution is 0.00727. The summed E-state index contributed by atoms with van der Waals surface area (Å²) < 4.78 is 28.6. The Bertz CT molecular complexity index is 1400. The number of anilines is 1. The number of nitrogens with one attached hydrogen (secondary N) is 1. The van der Waals surface area contributed by atoms with Crippen LogP contribution in [0.5, 0.6) is 0 Å². The molecule has 5 rings (SSSR count). The van der Waals surface area contributed by atoms with Crippen LogP contribution in [-0.4, -0.2) is 47.1 Å². The highest BCUT2D eigenvalue weighted by Gasteiger charge is 2.28. The van der Waals surface area contributed by atoms with E-state index in [2.05, 4.69) is 24.7 Å². The largest absolute Gasteiger partial charge is 0.443 e. The fourth-order valence-electron chi connectivity index (χ4n) is 4.14. The zero-order chi connectivity index (χ0) is 24.9. The molecule has 1 aromatic carbocycles. The van der Waals surface area contributed by atoms with E-state index in [0.717, 1.165) is 12.8 Å². The van der Waals surface area contributed by atoms with Crippen LogP contribution in [0, 0.1) is 0 Å². The minimum atomic E-state index is -1.38. The molecule has 3 unspecified atom stereocenters. The number of benzene rings is 1. The van der Waals surface area contributed by atoms with E-state index in [9.17, 15) is 9.00 Å². The maximum Gasteiger partial charge on any atom is 0.181 e. The third-order valence-corrected chi connectivity index (χ3v) is 6.81. The van der Waals surface area contributed by atoms with E-state index >= 15 is 0 Å². The number of hydrogen-bond acceptors (Lipinski definition) is 9. The Balaban J connectivity index is 1.08. The summed E-state index contributed by atoms with van der Waals surface area (Å²) in [5, 5.41) is 1.56. The van der Waals surface area contributed by atoms with Crippen molar-refractivity contribution in [1.29, 1.82) is 0 Å². The van der Waals surface area contributed by atoms with Gasteiger partial charge in [-0.25, -0.2) is 28.9 Å². The van der Waals surface area contributed by atoms with Crippen LogP contribution >= 0.6 is 0 Å². The predicted molar refractivity (Wildman–Crippen MR) is 134 cm³/mol. The Morgan fingerprint density at radius 1 is 1.25 bits per heavy atom. The zero-order valence-electron chi connectivity index (χ0n) is 19.3. The van der Waals surface area contributed by atoms with Crippen molar-refractivity contribution in [2.75, 3.05) is 12.3 Å². The van der Waals surface area contributed by atoms with Crippen molar-refractivity contribution in [2.24, 2.45) is 0 Å². The van der Waals surface area contributed by atoms with E-state index < -0.39 is 11.0 Å². The topological polar surface area (TPSA) is 151 Å². The number of oxazole rings is 1. The van der Waals surface area contributed by atoms with Gasteiger partial charge in [-0.2, -0.15) is 0 Å². The number of Topliss-reactive ketones (excluding diaryl/α,β-unsaturated/α-hetero) is 1. The molecule has 36 heavy (non-hydrogen) atoms. The summed E-state index contributed by atoms with van der Waals surface area (Å²) in [4.78, 5) is 29.1. The lowest BCUT2D eigenvalue weighted by Gasteiger charge is -2.15. The van der Waals surface area contributed by atoms with Crippen molar-refractivity contribution in [3.63, 3.8) is 0 Å². The van der Waals surface area contributed by atoms with Crippen molar-refractivity contribution in [3.8, 4) is 11.3 Å². The summed E-state index contributed by atoms with van der Waals surface area (Å²) in [6, 6.07) is 7.27. The zero-order valence-corrected chi connectivity index (χ0v) is 20.1. The quantitative estimate of drug-likeness (QED) is 0.308. The monoisotopic (exact) mass is 507 g/mol. The number of allylic oxidation sites excluding steroid dienone is 1. The molecule has 11 nitrogen and oxygen atoms in total. The molecule has 0 aliphatic carbocycles. The van der Waals surface area contributed by atoms with Crippen LogP contribution in [0.1, 0.15) is 42.3 Å². The molecule has 1 saturated heterocycles. The highest BCUT2D eigenvalue weighted by molar-refractivity contribution is 7.86. The Morgan fingerprint density at radius 3 is 3.00 bits per heavy atom. The van der Waals surface area contributed by atoms with Gasteiger partial charge in [0, 0.05) is 29.5 Å². The molecule has 12 heteroatoms. The number of fused-ring (bicyclic) bond motifs is 1. The average molecular weight is 508 g/mol. The molecule has 1 aliphatic rings. The van der Waals surface area contributed by atoms with Gasteiger partial charge < -0.3 is 14.9 Å². The van der Waals surface area contributed by atoms with Crippen LogP contribution in [0.2, 0.25) is 0 Å². The summed E-state index contributed by atoms with van der Waals surface area (Å²) in [7, 11) is -1.38. The van der Waals surface area contributed by atoms with E-state index in [1.54, 1.807) is 30.1 Å². The fraction of sp³-hybridized carbons (Fsp3) is 0.292. The number of nitrogens with two attached hydrogens (primary N) is 1. The highest BCUT2D eigenvalue weighted by Crippen LogP contribution is 2.30. The lowest BCUT2D eigenvalue weighted by atomic mass is 9.99. The maximum atomic E-state index is 12.7. The molecule has 0 bridgehead atoms. The molecule has 1 fully saturated rings. The number of nitrogen functional groups attached to an aromatic ring is 1. The minimum absolute atomic E-state index is 0.0187. The number of carbonyl (C=O) groups excluding carboxylic acids is 1. The Kier molecular flexibility index (Phi) is 7.26. The molecule has 3 atom stereocenters. The fourth-order valence-corrected chi connectivity index (χ4v) is 4.90. The third kappa shape index (κ3) is 5.25. The van der Waals surface area contributed by atoms with Crippen LogP contribution < -0.4 is 10.5 Å². The Labute approximate surface area is 209 Å². The molecule has 0 saturated carbocycles. The molecule has 0 spiro atoms. The van der Waals surface area contributed by atoms with E-state index in [1.807, 2.05) is 22.8 Å². The summed E-state index contributed by atoms with van der Waals surface area (Å²) >= 11 is 0. The van der Waals surface area contributed by atoms with Gasteiger partial charge in [0.05, 0.1) is 18.6 Å². The highest BCUT2D eigenvalue weighted by atomic mass is 32.2. The normalized spacial score (nSPS) is 18.8. The number of imidazole rings is 1. The van der Waals surface area contributed by atoms with Crippen molar-refractivity contribution in [1.82, 2.24) is 29.2 Å². The lowest BCUT2D eigenvalue weighted by Crippen LogP contribution is -2.27. The van der Waals surface area contributed by atoms with E-state index in [4.69, 9.17) is 14.9 Å². The van der Waals surface area contributed by atoms with Gasteiger partial charge >= 0.3 is 0 Å². The molecule has 3 aromatic heterocycles. The van der Waals surface area contributed by atoms with Crippen molar-refractivity contribution < 1.29 is 18.2 Å². The SMILES string of the molecule is Nc1ncnc2c1ncn2C1CCC(CNS(=O)/C=C/CCC(=O)c2ccccc2-c2cnco2)O1. The van der Waals surface area contributed by atoms with Gasteiger partial charge in [-0.15, -0.1) is 0 Å². The summed E-state index contributed by atoms with van der Waals surface area (Å²) in [6.45, 7) is 0.431. The van der Waals surface area contributed by atoms with Gasteiger partial charge in [-0.3, -0.25) is 9.36 Å². The van der Waals surface area contributed by atoms with Crippen molar-refractivity contribution in [3.05, 3.63) is 66.6 Å². The predicted octanol–water partition coefficient (Wildman–Crippen LogP) is 3.17. The Morgan fingerprint density at radius 2 is 2.14 bits per heavy atom. The first-order chi connectivity index (χ1) is 17.6. The minimum Gasteiger partial charge on any atom is -0.443 e. The molecule has 4 heterocycles. The van der Waals surface area contributed by atoms with Gasteiger partial charge in [-0.05, 0) is 19.3 Å². The van der Waals surface area contributed by atoms with E-state index in [0.29, 0.717) is 53.3 Å². The number of aromatic nitrogens is 5. The van der Waals surface area contributed by atoms with Gasteiger partial charge in [0.15, 0.2) is 29.4 Å². The second-order valence-electron chi connectivity index (χ2n) is 8.26. The second-order valence-corrected chi connectivity index (χ2v) is 9.42. The first kappa shape index (κ1) is 24.0. The van der Waals surface area contributed by atoms with Crippen molar-refractivity contribution in [2.45, 2.75) is 38.0 Å². The second kappa shape index (κ2) is 10.9. The third-order valence-electron chi connectivity index (χ3n) is 5.92.